The van der Waals surface area contributed by atoms with Crippen molar-refractivity contribution in [3.05, 3.63) is 35.6 Å². The molecule has 6 nitrogen and oxygen atoms in total. The number of imide groups is 1. The van der Waals surface area contributed by atoms with Gasteiger partial charge in [-0.2, -0.15) is 0 Å². The molecule has 7 heteroatoms. The van der Waals surface area contributed by atoms with Crippen LogP contribution in [-0.2, 0) is 9.53 Å². The first-order chi connectivity index (χ1) is 10.4. The van der Waals surface area contributed by atoms with Gasteiger partial charge >= 0.3 is 12.0 Å². The van der Waals surface area contributed by atoms with Gasteiger partial charge in [0, 0.05) is 6.54 Å². The Balaban J connectivity index is 2.30. The van der Waals surface area contributed by atoms with Crippen LogP contribution in [0.4, 0.5) is 9.18 Å². The molecule has 0 aliphatic heterocycles. The SMILES string of the molecule is CC(C)CCNC(=O)NC(=O)COC(=O)c1cccc(F)c1. The number of benzene rings is 1. The van der Waals surface area contributed by atoms with Crippen molar-refractivity contribution in [2.75, 3.05) is 13.2 Å². The maximum Gasteiger partial charge on any atom is 0.338 e. The van der Waals surface area contributed by atoms with Crippen LogP contribution in [-0.4, -0.2) is 31.1 Å². The second-order valence-corrected chi connectivity index (χ2v) is 5.07. The van der Waals surface area contributed by atoms with Crippen LogP contribution in [0.5, 0.6) is 0 Å². The van der Waals surface area contributed by atoms with Crippen LogP contribution in [0.25, 0.3) is 0 Å². The predicted molar refractivity (Wildman–Crippen MR) is 77.7 cm³/mol. The van der Waals surface area contributed by atoms with Crippen LogP contribution in [0.2, 0.25) is 0 Å². The van der Waals surface area contributed by atoms with Gasteiger partial charge in [-0.1, -0.05) is 19.9 Å². The summed E-state index contributed by atoms with van der Waals surface area (Å²) in [6.07, 6.45) is 0.788. The molecule has 1 aromatic rings. The quantitative estimate of drug-likeness (QED) is 0.785. The molecule has 1 rings (SSSR count). The molecule has 2 N–H and O–H groups in total. The smallest absolute Gasteiger partial charge is 0.338 e. The molecule has 22 heavy (non-hydrogen) atoms. The number of urea groups is 1. The summed E-state index contributed by atoms with van der Waals surface area (Å²) in [5.74, 6) is -1.74. The van der Waals surface area contributed by atoms with E-state index < -0.39 is 30.3 Å². The molecule has 0 heterocycles. The summed E-state index contributed by atoms with van der Waals surface area (Å²) in [4.78, 5) is 34.4. The Hall–Kier alpha value is -2.44. The number of nitrogens with one attached hydrogen (secondary N) is 2. The van der Waals surface area contributed by atoms with Crippen molar-refractivity contribution >= 4 is 17.9 Å². The third kappa shape index (κ3) is 6.83. The van der Waals surface area contributed by atoms with E-state index >= 15 is 0 Å². The van der Waals surface area contributed by atoms with Gasteiger partial charge < -0.3 is 10.1 Å². The van der Waals surface area contributed by atoms with Crippen LogP contribution in [0.15, 0.2) is 24.3 Å². The monoisotopic (exact) mass is 310 g/mol. The molecule has 1 aromatic carbocycles. The molecule has 0 radical (unpaired) electrons. The second-order valence-electron chi connectivity index (χ2n) is 5.07. The summed E-state index contributed by atoms with van der Waals surface area (Å²) in [6.45, 7) is 3.85. The zero-order chi connectivity index (χ0) is 16.5. The minimum atomic E-state index is -0.838. The fourth-order valence-electron chi connectivity index (χ4n) is 1.51. The lowest BCUT2D eigenvalue weighted by Gasteiger charge is -2.08. The lowest BCUT2D eigenvalue weighted by Crippen LogP contribution is -2.41. The van der Waals surface area contributed by atoms with Crippen LogP contribution in [0, 0.1) is 11.7 Å². The fraction of sp³-hybridized carbons (Fsp3) is 0.400. The van der Waals surface area contributed by atoms with E-state index in [9.17, 15) is 18.8 Å². The summed E-state index contributed by atoms with van der Waals surface area (Å²) in [5.41, 5.74) is -0.00538. The van der Waals surface area contributed by atoms with E-state index in [0.29, 0.717) is 12.5 Å². The van der Waals surface area contributed by atoms with Gasteiger partial charge in [-0.05, 0) is 30.5 Å². The number of esters is 1. The van der Waals surface area contributed by atoms with E-state index in [2.05, 4.69) is 5.32 Å². The highest BCUT2D eigenvalue weighted by atomic mass is 19.1. The minimum Gasteiger partial charge on any atom is -0.452 e. The summed E-state index contributed by atoms with van der Waals surface area (Å²) in [5, 5.41) is 4.54. The molecule has 3 amide bonds. The van der Waals surface area contributed by atoms with Crippen molar-refractivity contribution in [1.29, 1.82) is 0 Å². The molecule has 0 saturated carbocycles. The number of carbonyl (C=O) groups is 3. The zero-order valence-electron chi connectivity index (χ0n) is 12.5. The second kappa shape index (κ2) is 8.76. The van der Waals surface area contributed by atoms with Gasteiger partial charge in [-0.15, -0.1) is 0 Å². The predicted octanol–water partition coefficient (Wildman–Crippen LogP) is 1.85. The molecule has 0 unspecified atom stereocenters. The lowest BCUT2D eigenvalue weighted by molar-refractivity contribution is -0.123. The number of ether oxygens (including phenoxy) is 1. The molecular weight excluding hydrogens is 291 g/mol. The number of rotatable bonds is 6. The molecule has 0 atom stereocenters. The zero-order valence-corrected chi connectivity index (χ0v) is 12.5. The number of halogens is 1. The van der Waals surface area contributed by atoms with Gasteiger partial charge in [0.05, 0.1) is 5.56 Å². The Labute approximate surface area is 128 Å². The van der Waals surface area contributed by atoms with Crippen molar-refractivity contribution in [2.45, 2.75) is 20.3 Å². The van der Waals surface area contributed by atoms with E-state index in [1.54, 1.807) is 0 Å². The highest BCUT2D eigenvalue weighted by Gasteiger charge is 2.12. The van der Waals surface area contributed by atoms with E-state index in [0.717, 1.165) is 12.5 Å². The molecule has 0 aromatic heterocycles. The molecule has 120 valence electrons. The number of carbonyl (C=O) groups excluding carboxylic acids is 3. The molecule has 0 saturated heterocycles. The normalized spacial score (nSPS) is 10.2. The molecular formula is C15H19FN2O4. The summed E-state index contributed by atoms with van der Waals surface area (Å²) in [6, 6.07) is 4.26. The minimum absolute atomic E-state index is 0.00538. The molecule has 0 aliphatic rings. The standard InChI is InChI=1S/C15H19FN2O4/c1-10(2)6-7-17-15(21)18-13(19)9-22-14(20)11-4-3-5-12(16)8-11/h3-5,8,10H,6-7,9H2,1-2H3,(H2,17,18,19,21). The maximum absolute atomic E-state index is 12.9. The Bertz CT molecular complexity index is 546. The van der Waals surface area contributed by atoms with Crippen LogP contribution in [0.1, 0.15) is 30.6 Å². The van der Waals surface area contributed by atoms with Crippen molar-refractivity contribution < 1.29 is 23.5 Å². The van der Waals surface area contributed by atoms with Crippen molar-refractivity contribution in [2.24, 2.45) is 5.92 Å². The summed E-state index contributed by atoms with van der Waals surface area (Å²) < 4.78 is 17.6. The number of amides is 3. The van der Waals surface area contributed by atoms with Gasteiger partial charge in [-0.25, -0.2) is 14.0 Å². The van der Waals surface area contributed by atoms with Crippen molar-refractivity contribution in [3.8, 4) is 0 Å². The van der Waals surface area contributed by atoms with Crippen LogP contribution in [0.3, 0.4) is 0 Å². The Morgan fingerprint density at radius 2 is 2.00 bits per heavy atom. The molecule has 0 spiro atoms. The lowest BCUT2D eigenvalue weighted by atomic mass is 10.1. The molecule has 0 aliphatic carbocycles. The van der Waals surface area contributed by atoms with E-state index in [-0.39, 0.29) is 5.56 Å². The summed E-state index contributed by atoms with van der Waals surface area (Å²) in [7, 11) is 0. The Morgan fingerprint density at radius 1 is 1.27 bits per heavy atom. The average molecular weight is 310 g/mol. The maximum atomic E-state index is 12.9. The van der Waals surface area contributed by atoms with Crippen molar-refractivity contribution in [3.63, 3.8) is 0 Å². The summed E-state index contributed by atoms with van der Waals surface area (Å²) >= 11 is 0. The Kier molecular flexibility index (Phi) is 7.01. The van der Waals surface area contributed by atoms with Gasteiger partial charge in [0.1, 0.15) is 5.82 Å². The topological polar surface area (TPSA) is 84.5 Å². The number of hydrogen-bond donors (Lipinski definition) is 2. The van der Waals surface area contributed by atoms with Gasteiger partial charge in [0.25, 0.3) is 5.91 Å². The van der Waals surface area contributed by atoms with E-state index in [1.165, 1.54) is 18.2 Å². The van der Waals surface area contributed by atoms with Gasteiger partial charge in [0.15, 0.2) is 6.61 Å². The van der Waals surface area contributed by atoms with Crippen LogP contribution < -0.4 is 10.6 Å². The van der Waals surface area contributed by atoms with E-state index in [1.807, 2.05) is 19.2 Å². The van der Waals surface area contributed by atoms with Gasteiger partial charge in [0.2, 0.25) is 0 Å². The average Bonchev–Trinajstić information content (AvgIpc) is 2.44. The number of hydrogen-bond acceptors (Lipinski definition) is 4. The first-order valence-electron chi connectivity index (χ1n) is 6.89. The fourth-order valence-corrected chi connectivity index (χ4v) is 1.51. The highest BCUT2D eigenvalue weighted by molar-refractivity contribution is 5.96. The largest absolute Gasteiger partial charge is 0.452 e. The third-order valence-corrected chi connectivity index (χ3v) is 2.65. The van der Waals surface area contributed by atoms with Crippen LogP contribution >= 0.6 is 0 Å². The Morgan fingerprint density at radius 3 is 2.64 bits per heavy atom. The molecule has 0 fully saturated rings. The highest BCUT2D eigenvalue weighted by Crippen LogP contribution is 2.05. The molecule has 0 bridgehead atoms. The first kappa shape index (κ1) is 17.6. The third-order valence-electron chi connectivity index (χ3n) is 2.65. The van der Waals surface area contributed by atoms with Crippen molar-refractivity contribution in [1.82, 2.24) is 10.6 Å². The van der Waals surface area contributed by atoms with Gasteiger partial charge in [-0.3, -0.25) is 10.1 Å². The van der Waals surface area contributed by atoms with E-state index in [4.69, 9.17) is 4.74 Å². The first-order valence-corrected chi connectivity index (χ1v) is 6.89.